The Morgan fingerprint density at radius 3 is 3.10 bits per heavy atom. The summed E-state index contributed by atoms with van der Waals surface area (Å²) in [6, 6.07) is 6.40. The molecule has 6 nitrogen and oxygen atoms in total. The summed E-state index contributed by atoms with van der Waals surface area (Å²) in [6.07, 6.45) is 5.92. The second kappa shape index (κ2) is 8.08. The van der Waals surface area contributed by atoms with Gasteiger partial charge in [0, 0.05) is 9.90 Å². The van der Waals surface area contributed by atoms with Crippen molar-refractivity contribution in [1.82, 2.24) is 15.0 Å². The monoisotopic (exact) mass is 428 g/mol. The zero-order valence-corrected chi connectivity index (χ0v) is 17.8. The molecule has 1 aliphatic rings. The van der Waals surface area contributed by atoms with Gasteiger partial charge in [-0.1, -0.05) is 30.7 Å². The van der Waals surface area contributed by atoms with E-state index in [9.17, 15) is 9.59 Å². The maximum Gasteiger partial charge on any atom is 0.263 e. The zero-order valence-electron chi connectivity index (χ0n) is 16.2. The van der Waals surface area contributed by atoms with Gasteiger partial charge >= 0.3 is 0 Å². The Kier molecular flexibility index (Phi) is 5.52. The van der Waals surface area contributed by atoms with Gasteiger partial charge in [-0.15, -0.1) is 11.3 Å². The van der Waals surface area contributed by atoms with Crippen molar-refractivity contribution < 1.29 is 4.79 Å². The molecule has 2 heterocycles. The number of rotatable bonds is 4. The molecule has 1 N–H and O–H groups in total. The van der Waals surface area contributed by atoms with Gasteiger partial charge in [0.25, 0.3) is 11.5 Å². The Hall–Kier alpha value is -2.51. The maximum atomic E-state index is 13.1. The average molecular weight is 429 g/mol. The smallest absolute Gasteiger partial charge is 0.263 e. The third-order valence-corrected chi connectivity index (χ3v) is 6.67. The number of benzene rings is 1. The third-order valence-electron chi connectivity index (χ3n) is 5.27. The van der Waals surface area contributed by atoms with Crippen molar-refractivity contribution in [3.05, 3.63) is 62.0 Å². The molecule has 0 spiro atoms. The Morgan fingerprint density at radius 2 is 2.31 bits per heavy atom. The molecule has 150 valence electrons. The number of nitrogens with one attached hydrogen (secondary N) is 1. The SMILES string of the molecule is C[C@H]1CCc2c(sc3ncn([C@@H](C)C(=O)N/N=C/c4cccc(Cl)c4)c(=O)c23)C1. The van der Waals surface area contributed by atoms with Gasteiger partial charge < -0.3 is 0 Å². The highest BCUT2D eigenvalue weighted by molar-refractivity contribution is 7.18. The lowest BCUT2D eigenvalue weighted by Crippen LogP contribution is -2.34. The summed E-state index contributed by atoms with van der Waals surface area (Å²) < 4.78 is 1.39. The lowest BCUT2D eigenvalue weighted by molar-refractivity contribution is -0.123. The highest BCUT2D eigenvalue weighted by atomic mass is 35.5. The fraction of sp³-hybridized carbons (Fsp3) is 0.333. The van der Waals surface area contributed by atoms with Crippen LogP contribution in [-0.4, -0.2) is 21.7 Å². The number of nitrogens with zero attached hydrogens (tertiary/aromatic N) is 3. The van der Waals surface area contributed by atoms with Crippen LogP contribution < -0.4 is 11.0 Å². The van der Waals surface area contributed by atoms with Crippen molar-refractivity contribution in [3.63, 3.8) is 0 Å². The molecular formula is C21H21ClN4O2S. The zero-order chi connectivity index (χ0) is 20.5. The molecule has 1 aliphatic carbocycles. The van der Waals surface area contributed by atoms with Crippen molar-refractivity contribution in [3.8, 4) is 0 Å². The highest BCUT2D eigenvalue weighted by Gasteiger charge is 2.25. The highest BCUT2D eigenvalue weighted by Crippen LogP contribution is 2.35. The van der Waals surface area contributed by atoms with E-state index in [4.69, 9.17) is 11.6 Å². The summed E-state index contributed by atoms with van der Waals surface area (Å²) >= 11 is 7.54. The fourth-order valence-corrected chi connectivity index (χ4v) is 5.14. The van der Waals surface area contributed by atoms with Crippen LogP contribution in [0.5, 0.6) is 0 Å². The first-order valence-electron chi connectivity index (χ1n) is 9.54. The van der Waals surface area contributed by atoms with E-state index in [-0.39, 0.29) is 11.5 Å². The van der Waals surface area contributed by atoms with Gasteiger partial charge in [-0.05, 0) is 55.4 Å². The lowest BCUT2D eigenvalue weighted by atomic mass is 9.89. The number of hydrazone groups is 1. The predicted molar refractivity (Wildman–Crippen MR) is 117 cm³/mol. The van der Waals surface area contributed by atoms with Crippen LogP contribution in [0.15, 0.2) is 40.5 Å². The molecule has 0 bridgehead atoms. The van der Waals surface area contributed by atoms with Crippen LogP contribution in [0.4, 0.5) is 0 Å². The van der Waals surface area contributed by atoms with E-state index in [1.807, 2.05) is 6.07 Å². The summed E-state index contributed by atoms with van der Waals surface area (Å²) in [6.45, 7) is 3.90. The van der Waals surface area contributed by atoms with E-state index in [1.165, 1.54) is 22.0 Å². The third kappa shape index (κ3) is 3.97. The van der Waals surface area contributed by atoms with Gasteiger partial charge in [-0.2, -0.15) is 5.10 Å². The first kappa shape index (κ1) is 19.8. The molecule has 3 aromatic rings. The summed E-state index contributed by atoms with van der Waals surface area (Å²) in [5, 5.41) is 5.23. The number of carbonyl (C=O) groups excluding carboxylic acids is 1. The predicted octanol–water partition coefficient (Wildman–Crippen LogP) is 3.95. The van der Waals surface area contributed by atoms with Crippen LogP contribution in [0.25, 0.3) is 10.2 Å². The first-order valence-corrected chi connectivity index (χ1v) is 10.7. The number of hydrogen-bond donors (Lipinski definition) is 1. The quantitative estimate of drug-likeness (QED) is 0.505. The number of aromatic nitrogens is 2. The molecule has 0 radical (unpaired) electrons. The van der Waals surface area contributed by atoms with Gasteiger partial charge in [0.05, 0.1) is 17.9 Å². The van der Waals surface area contributed by atoms with Gasteiger partial charge in [0.2, 0.25) is 0 Å². The van der Waals surface area contributed by atoms with Crippen LogP contribution in [0.2, 0.25) is 5.02 Å². The number of hydrogen-bond acceptors (Lipinski definition) is 5. The minimum atomic E-state index is -0.728. The van der Waals surface area contributed by atoms with E-state index in [0.29, 0.717) is 16.3 Å². The van der Waals surface area contributed by atoms with E-state index >= 15 is 0 Å². The molecule has 29 heavy (non-hydrogen) atoms. The summed E-state index contributed by atoms with van der Waals surface area (Å²) in [4.78, 5) is 32.1. The number of carbonyl (C=O) groups is 1. The Labute approximate surface area is 177 Å². The van der Waals surface area contributed by atoms with Crippen LogP contribution in [-0.2, 0) is 17.6 Å². The second-order valence-electron chi connectivity index (χ2n) is 7.45. The van der Waals surface area contributed by atoms with Crippen LogP contribution >= 0.6 is 22.9 Å². The van der Waals surface area contributed by atoms with E-state index in [1.54, 1.807) is 36.5 Å². The van der Waals surface area contributed by atoms with E-state index in [2.05, 4.69) is 22.4 Å². The van der Waals surface area contributed by atoms with Crippen molar-refractivity contribution in [1.29, 1.82) is 0 Å². The molecule has 0 saturated carbocycles. The summed E-state index contributed by atoms with van der Waals surface area (Å²) in [7, 11) is 0. The molecule has 1 aromatic carbocycles. The second-order valence-corrected chi connectivity index (χ2v) is 8.97. The molecule has 2 aromatic heterocycles. The molecule has 4 rings (SSSR count). The number of fused-ring (bicyclic) bond motifs is 3. The fourth-order valence-electron chi connectivity index (χ4n) is 3.60. The molecule has 0 fully saturated rings. The van der Waals surface area contributed by atoms with Crippen molar-refractivity contribution in [2.24, 2.45) is 11.0 Å². The van der Waals surface area contributed by atoms with E-state index < -0.39 is 6.04 Å². The molecule has 0 saturated heterocycles. The van der Waals surface area contributed by atoms with Crippen molar-refractivity contribution in [2.75, 3.05) is 0 Å². The van der Waals surface area contributed by atoms with Crippen LogP contribution in [0.3, 0.4) is 0 Å². The number of halogens is 1. The largest absolute Gasteiger partial charge is 0.286 e. The molecule has 1 amide bonds. The summed E-state index contributed by atoms with van der Waals surface area (Å²) in [5.41, 5.74) is 4.21. The van der Waals surface area contributed by atoms with Crippen LogP contribution in [0.1, 0.15) is 42.3 Å². The maximum absolute atomic E-state index is 13.1. The minimum absolute atomic E-state index is 0.163. The Morgan fingerprint density at radius 1 is 1.48 bits per heavy atom. The van der Waals surface area contributed by atoms with Crippen molar-refractivity contribution >= 4 is 45.3 Å². The van der Waals surface area contributed by atoms with Crippen molar-refractivity contribution in [2.45, 2.75) is 39.2 Å². The van der Waals surface area contributed by atoms with Gasteiger partial charge in [-0.3, -0.25) is 14.2 Å². The Bertz CT molecular complexity index is 1170. The molecule has 2 atom stereocenters. The Balaban J connectivity index is 1.56. The average Bonchev–Trinajstić information content (AvgIpc) is 3.06. The summed E-state index contributed by atoms with van der Waals surface area (Å²) in [5.74, 6) is 0.240. The van der Waals surface area contributed by atoms with Gasteiger partial charge in [0.1, 0.15) is 10.9 Å². The number of aryl methyl sites for hydroxylation is 1. The molecule has 0 aliphatic heterocycles. The molecular weight excluding hydrogens is 408 g/mol. The lowest BCUT2D eigenvalue weighted by Gasteiger charge is -2.18. The normalized spacial score (nSPS) is 17.4. The number of thiophene rings is 1. The standard InChI is InChI=1S/C21H21ClN4O2S/c1-12-6-7-16-17(8-12)29-20-18(16)21(28)26(11-23-20)13(2)19(27)25-24-10-14-4-3-5-15(22)9-14/h3-5,9-13H,6-8H2,1-2H3,(H,25,27)/b24-10+/t12-,13-/m0/s1. The molecule has 0 unspecified atom stereocenters. The van der Waals surface area contributed by atoms with Gasteiger partial charge in [-0.25, -0.2) is 10.4 Å². The number of amides is 1. The van der Waals surface area contributed by atoms with E-state index in [0.717, 1.165) is 35.2 Å². The first-order chi connectivity index (χ1) is 13.9. The topological polar surface area (TPSA) is 76.3 Å². The molecule has 8 heteroatoms. The van der Waals surface area contributed by atoms with Crippen LogP contribution in [0, 0.1) is 5.92 Å². The van der Waals surface area contributed by atoms with Gasteiger partial charge in [0.15, 0.2) is 0 Å². The minimum Gasteiger partial charge on any atom is -0.286 e.